The molecule has 22 heavy (non-hydrogen) atoms. The van der Waals surface area contributed by atoms with Crippen molar-refractivity contribution in [3.05, 3.63) is 46.1 Å². The number of aromatic nitrogens is 1. The molecule has 1 aromatic heterocycles. The molecule has 0 saturated carbocycles. The van der Waals surface area contributed by atoms with Crippen LogP contribution < -0.4 is 0 Å². The van der Waals surface area contributed by atoms with Crippen LogP contribution in [0.25, 0.3) is 17.0 Å². The van der Waals surface area contributed by atoms with Gasteiger partial charge in [0.15, 0.2) is 0 Å². The predicted octanol–water partition coefficient (Wildman–Crippen LogP) is 4.06. The van der Waals surface area contributed by atoms with E-state index in [4.69, 9.17) is 21.6 Å². The molecule has 2 aromatic rings. The smallest absolute Gasteiger partial charge is 0.349 e. The van der Waals surface area contributed by atoms with E-state index in [1.54, 1.807) is 19.9 Å². The summed E-state index contributed by atoms with van der Waals surface area (Å²) in [7, 11) is 0. The topological polar surface area (TPSA) is 63.0 Å². The first-order valence-electron chi connectivity index (χ1n) is 6.81. The minimum absolute atomic E-state index is 0.107. The number of benzene rings is 1. The fraction of sp³-hybridized carbons (Fsp3) is 0.235. The van der Waals surface area contributed by atoms with Crippen LogP contribution in [0.5, 0.6) is 0 Å². The molecule has 0 atom stereocenters. The highest BCUT2D eigenvalue weighted by Gasteiger charge is 2.14. The second-order valence-electron chi connectivity index (χ2n) is 5.14. The van der Waals surface area contributed by atoms with Gasteiger partial charge in [0.25, 0.3) is 0 Å². The molecule has 0 aliphatic heterocycles. The van der Waals surface area contributed by atoms with Crippen LogP contribution in [0, 0.1) is 18.3 Å². The molecule has 112 valence electrons. The van der Waals surface area contributed by atoms with Gasteiger partial charge in [0, 0.05) is 10.9 Å². The van der Waals surface area contributed by atoms with Crippen molar-refractivity contribution in [3.63, 3.8) is 0 Å². The molecule has 4 nitrogen and oxygen atoms in total. The number of ether oxygens (including phenoxy) is 1. The number of hydrogen-bond acceptors (Lipinski definition) is 4. The Morgan fingerprint density at radius 2 is 2.18 bits per heavy atom. The maximum atomic E-state index is 11.8. The second kappa shape index (κ2) is 6.59. The van der Waals surface area contributed by atoms with Crippen LogP contribution in [0.3, 0.4) is 0 Å². The quantitative estimate of drug-likeness (QED) is 0.371. The van der Waals surface area contributed by atoms with E-state index in [1.807, 2.05) is 31.2 Å². The number of aryl methyl sites for hydroxylation is 1. The van der Waals surface area contributed by atoms with Crippen molar-refractivity contribution in [2.24, 2.45) is 0 Å². The average molecular weight is 315 g/mol. The lowest BCUT2D eigenvalue weighted by molar-refractivity contribution is -0.142. The molecule has 0 aliphatic carbocycles. The fourth-order valence-corrected chi connectivity index (χ4v) is 2.21. The molecular formula is C17H15ClN2O2. The second-order valence-corrected chi connectivity index (χ2v) is 5.50. The van der Waals surface area contributed by atoms with Crippen molar-refractivity contribution in [1.82, 2.24) is 4.98 Å². The van der Waals surface area contributed by atoms with E-state index in [1.165, 1.54) is 6.08 Å². The van der Waals surface area contributed by atoms with Crippen molar-refractivity contribution >= 4 is 34.5 Å². The lowest BCUT2D eigenvalue weighted by Crippen LogP contribution is -2.12. The first-order chi connectivity index (χ1) is 10.4. The molecule has 0 amide bonds. The number of nitrogens with zero attached hydrogens (tertiary/aromatic N) is 2. The number of nitriles is 1. The highest BCUT2D eigenvalue weighted by Crippen LogP contribution is 2.24. The maximum absolute atomic E-state index is 11.8. The minimum atomic E-state index is -0.669. The summed E-state index contributed by atoms with van der Waals surface area (Å²) in [5.41, 5.74) is 2.21. The van der Waals surface area contributed by atoms with Crippen molar-refractivity contribution in [1.29, 1.82) is 5.26 Å². The molecule has 0 radical (unpaired) electrons. The number of halogens is 1. The zero-order valence-corrected chi connectivity index (χ0v) is 13.3. The number of para-hydroxylation sites is 1. The third-order valence-corrected chi connectivity index (χ3v) is 3.31. The van der Waals surface area contributed by atoms with Gasteiger partial charge in [-0.05, 0) is 38.5 Å². The highest BCUT2D eigenvalue weighted by atomic mass is 35.5. The van der Waals surface area contributed by atoms with E-state index in [9.17, 15) is 4.79 Å². The number of carbonyl (C=O) groups is 1. The monoisotopic (exact) mass is 314 g/mol. The minimum Gasteiger partial charge on any atom is -0.459 e. The Morgan fingerprint density at radius 1 is 1.45 bits per heavy atom. The van der Waals surface area contributed by atoms with Gasteiger partial charge in [0.1, 0.15) is 16.8 Å². The largest absolute Gasteiger partial charge is 0.459 e. The number of pyridine rings is 1. The Hall–Kier alpha value is -2.38. The van der Waals surface area contributed by atoms with Crippen LogP contribution in [0.4, 0.5) is 0 Å². The summed E-state index contributed by atoms with van der Waals surface area (Å²) in [4.78, 5) is 16.2. The molecule has 0 aliphatic rings. The first kappa shape index (κ1) is 16.0. The third-order valence-electron chi connectivity index (χ3n) is 3.01. The summed E-state index contributed by atoms with van der Waals surface area (Å²) in [5, 5.41) is 10.3. The number of hydrogen-bond donors (Lipinski definition) is 0. The predicted molar refractivity (Wildman–Crippen MR) is 86.3 cm³/mol. The van der Waals surface area contributed by atoms with E-state index in [-0.39, 0.29) is 16.8 Å². The molecule has 1 heterocycles. The Bertz CT molecular complexity index is 804. The summed E-state index contributed by atoms with van der Waals surface area (Å²) in [6.07, 6.45) is 1.11. The maximum Gasteiger partial charge on any atom is 0.349 e. The number of fused-ring (bicyclic) bond motifs is 1. The summed E-state index contributed by atoms with van der Waals surface area (Å²) in [6, 6.07) is 9.41. The molecule has 0 spiro atoms. The van der Waals surface area contributed by atoms with Gasteiger partial charge < -0.3 is 4.74 Å². The first-order valence-corrected chi connectivity index (χ1v) is 7.19. The zero-order chi connectivity index (χ0) is 16.3. The van der Waals surface area contributed by atoms with Crippen LogP contribution in [0.15, 0.2) is 29.8 Å². The lowest BCUT2D eigenvalue weighted by atomic mass is 10.1. The summed E-state index contributed by atoms with van der Waals surface area (Å²) in [6.45, 7) is 5.39. The Kier molecular flexibility index (Phi) is 4.79. The van der Waals surface area contributed by atoms with Crippen molar-refractivity contribution in [2.75, 3.05) is 0 Å². The SMILES string of the molecule is Cc1cccc2cc(/C=C(\C#N)C(=O)OC(C)C)c(Cl)nc12. The highest BCUT2D eigenvalue weighted by molar-refractivity contribution is 6.31. The van der Waals surface area contributed by atoms with Crippen LogP contribution >= 0.6 is 11.6 Å². The molecule has 0 N–H and O–H groups in total. The molecule has 1 aromatic carbocycles. The van der Waals surface area contributed by atoms with E-state index in [2.05, 4.69) is 4.98 Å². The van der Waals surface area contributed by atoms with Gasteiger partial charge in [0.05, 0.1) is 11.6 Å². The van der Waals surface area contributed by atoms with Crippen LogP contribution in [-0.2, 0) is 9.53 Å². The van der Waals surface area contributed by atoms with Gasteiger partial charge in [-0.15, -0.1) is 0 Å². The van der Waals surface area contributed by atoms with E-state index >= 15 is 0 Å². The fourth-order valence-electron chi connectivity index (χ4n) is 2.01. The summed E-state index contributed by atoms with van der Waals surface area (Å²) >= 11 is 6.17. The molecule has 0 bridgehead atoms. The number of rotatable bonds is 3. The van der Waals surface area contributed by atoms with Crippen LogP contribution in [0.2, 0.25) is 5.15 Å². The van der Waals surface area contributed by atoms with E-state index in [0.29, 0.717) is 5.56 Å². The van der Waals surface area contributed by atoms with Gasteiger partial charge in [-0.2, -0.15) is 5.26 Å². The van der Waals surface area contributed by atoms with Crippen molar-refractivity contribution < 1.29 is 9.53 Å². The molecular weight excluding hydrogens is 300 g/mol. The van der Waals surface area contributed by atoms with Gasteiger partial charge >= 0.3 is 5.97 Å². The lowest BCUT2D eigenvalue weighted by Gasteiger charge is -2.08. The summed E-state index contributed by atoms with van der Waals surface area (Å²) < 4.78 is 5.03. The van der Waals surface area contributed by atoms with Gasteiger partial charge in [-0.1, -0.05) is 29.8 Å². The molecule has 0 unspecified atom stereocenters. The normalized spacial score (nSPS) is 11.5. The Balaban J connectivity index is 2.50. The molecule has 2 rings (SSSR count). The molecule has 0 fully saturated rings. The molecule has 5 heteroatoms. The van der Waals surface area contributed by atoms with E-state index in [0.717, 1.165) is 16.5 Å². The van der Waals surface area contributed by atoms with Gasteiger partial charge in [-0.25, -0.2) is 9.78 Å². The Morgan fingerprint density at radius 3 is 2.82 bits per heavy atom. The van der Waals surface area contributed by atoms with Crippen LogP contribution in [0.1, 0.15) is 25.0 Å². The number of carbonyl (C=O) groups excluding carboxylic acids is 1. The van der Waals surface area contributed by atoms with Crippen molar-refractivity contribution in [3.8, 4) is 6.07 Å². The summed E-state index contributed by atoms with van der Waals surface area (Å²) in [5.74, 6) is -0.669. The molecule has 0 saturated heterocycles. The standard InChI is InChI=1S/C17H15ClN2O2/c1-10(2)22-17(21)14(9-19)8-13-7-12-6-4-5-11(3)15(12)20-16(13)18/h4-8,10H,1-3H3/b14-8+. The van der Waals surface area contributed by atoms with E-state index < -0.39 is 5.97 Å². The third kappa shape index (κ3) is 3.44. The van der Waals surface area contributed by atoms with Gasteiger partial charge in [0.2, 0.25) is 0 Å². The van der Waals surface area contributed by atoms with Crippen LogP contribution in [-0.4, -0.2) is 17.1 Å². The average Bonchev–Trinajstić information content (AvgIpc) is 2.45. The number of esters is 1. The van der Waals surface area contributed by atoms with Gasteiger partial charge in [-0.3, -0.25) is 0 Å². The Labute approximate surface area is 134 Å². The van der Waals surface area contributed by atoms with Crippen molar-refractivity contribution in [2.45, 2.75) is 26.9 Å². The zero-order valence-electron chi connectivity index (χ0n) is 12.6.